The van der Waals surface area contributed by atoms with Crippen molar-refractivity contribution in [2.45, 2.75) is 224 Å². The molecule has 13 nitrogen and oxygen atoms in total. The Morgan fingerprint density at radius 1 is 0.492 bits per heavy atom. The summed E-state index contributed by atoms with van der Waals surface area (Å²) < 4.78 is 33.5. The minimum absolute atomic E-state index is 0.0160. The zero-order chi connectivity index (χ0) is 46.4. The van der Waals surface area contributed by atoms with Crippen LogP contribution in [0.15, 0.2) is 60.8 Å². The van der Waals surface area contributed by atoms with E-state index in [1.165, 1.54) is 83.5 Å². The molecule has 1 rings (SSSR count). The molecule has 63 heavy (non-hydrogen) atoms. The van der Waals surface area contributed by atoms with Crippen LogP contribution in [0.25, 0.3) is 0 Å². The van der Waals surface area contributed by atoms with Crippen LogP contribution in [0.3, 0.4) is 0 Å². The van der Waals surface area contributed by atoms with E-state index in [1.54, 1.807) is 0 Å². The molecule has 0 heterocycles. The summed E-state index contributed by atoms with van der Waals surface area (Å²) >= 11 is 0. The molecular weight excluding hydrogens is 827 g/mol. The van der Waals surface area contributed by atoms with Gasteiger partial charge in [-0.15, -0.1) is 0 Å². The number of carbonyl (C=O) groups excluding carboxylic acids is 2. The first-order valence-electron chi connectivity index (χ1n) is 24.1. The molecule has 0 aromatic heterocycles. The Kier molecular flexibility index (Phi) is 36.1. The van der Waals surface area contributed by atoms with Crippen molar-refractivity contribution in [3.05, 3.63) is 60.8 Å². The highest BCUT2D eigenvalue weighted by molar-refractivity contribution is 7.47. The van der Waals surface area contributed by atoms with Crippen LogP contribution in [-0.2, 0) is 32.7 Å². The van der Waals surface area contributed by atoms with Gasteiger partial charge in [0, 0.05) is 12.8 Å². The molecule has 0 aliphatic heterocycles. The molecule has 0 saturated heterocycles. The predicted octanol–water partition coefficient (Wildman–Crippen LogP) is 9.73. The van der Waals surface area contributed by atoms with Crippen LogP contribution in [0.5, 0.6) is 0 Å². The van der Waals surface area contributed by atoms with E-state index in [-0.39, 0.29) is 12.8 Å². The lowest BCUT2D eigenvalue weighted by molar-refractivity contribution is -0.220. The highest BCUT2D eigenvalue weighted by Gasteiger charge is 2.51. The fourth-order valence-corrected chi connectivity index (χ4v) is 7.89. The quantitative estimate of drug-likeness (QED) is 0.0147. The lowest BCUT2D eigenvalue weighted by Gasteiger charge is -2.41. The van der Waals surface area contributed by atoms with E-state index < -0.39 is 75.7 Å². The maximum absolute atomic E-state index is 12.8. The van der Waals surface area contributed by atoms with Gasteiger partial charge in [-0.25, -0.2) is 4.57 Å². The summed E-state index contributed by atoms with van der Waals surface area (Å²) in [5.41, 5.74) is 0. The Morgan fingerprint density at radius 2 is 0.873 bits per heavy atom. The van der Waals surface area contributed by atoms with Crippen LogP contribution in [0.1, 0.15) is 181 Å². The van der Waals surface area contributed by atoms with Crippen molar-refractivity contribution >= 4 is 19.8 Å². The first kappa shape index (κ1) is 58.6. The SMILES string of the molecule is CCCCCCCC/C=C/CCCCCC(=O)OC[C@H](COP(=O)(O)OC1C(O)C(O)C(O)[C@@H](O)C1O)OC(=O)CCC/C=C/C/C=C/C/C=C/C/C=C/CCCCCCCCC. The van der Waals surface area contributed by atoms with E-state index in [9.17, 15) is 44.6 Å². The molecule has 1 aliphatic rings. The number of ether oxygens (including phenoxy) is 2. The Labute approximate surface area is 379 Å². The number of unbranched alkanes of at least 4 members (excludes halogenated alkanes) is 17. The first-order valence-corrected chi connectivity index (χ1v) is 25.6. The molecule has 0 aromatic carbocycles. The molecule has 14 heteroatoms. The Bertz CT molecular complexity index is 1330. The van der Waals surface area contributed by atoms with Gasteiger partial charge in [0.2, 0.25) is 0 Å². The van der Waals surface area contributed by atoms with Crippen LogP contribution < -0.4 is 0 Å². The zero-order valence-corrected chi connectivity index (χ0v) is 39.5. The largest absolute Gasteiger partial charge is 0.472 e. The van der Waals surface area contributed by atoms with Gasteiger partial charge in [-0.3, -0.25) is 18.6 Å². The lowest BCUT2D eigenvalue weighted by atomic mass is 9.85. The number of phosphoric acid groups is 1. The average Bonchev–Trinajstić information content (AvgIpc) is 3.26. The number of hydrogen-bond donors (Lipinski definition) is 6. The van der Waals surface area contributed by atoms with Gasteiger partial charge < -0.3 is 39.9 Å². The first-order chi connectivity index (χ1) is 30.4. The van der Waals surface area contributed by atoms with E-state index in [1.807, 2.05) is 12.2 Å². The Morgan fingerprint density at radius 3 is 1.37 bits per heavy atom. The van der Waals surface area contributed by atoms with Crippen LogP contribution in [0.2, 0.25) is 0 Å². The van der Waals surface area contributed by atoms with Gasteiger partial charge in [0.25, 0.3) is 0 Å². The zero-order valence-electron chi connectivity index (χ0n) is 38.6. The summed E-state index contributed by atoms with van der Waals surface area (Å²) in [5.74, 6) is -1.19. The third-order valence-corrected chi connectivity index (χ3v) is 11.8. The minimum atomic E-state index is -5.14. The van der Waals surface area contributed by atoms with Crippen molar-refractivity contribution in [2.75, 3.05) is 13.2 Å². The number of esters is 2. The summed E-state index contributed by atoms with van der Waals surface area (Å²) in [6.07, 6.45) is 34.3. The van der Waals surface area contributed by atoms with Crippen molar-refractivity contribution in [3.63, 3.8) is 0 Å². The Balaban J connectivity index is 2.49. The van der Waals surface area contributed by atoms with Gasteiger partial charge in [0.05, 0.1) is 6.61 Å². The van der Waals surface area contributed by atoms with E-state index in [0.717, 1.165) is 51.4 Å². The number of hydrogen-bond acceptors (Lipinski definition) is 12. The maximum atomic E-state index is 12.8. The molecule has 0 radical (unpaired) electrons. The third-order valence-electron chi connectivity index (χ3n) is 10.8. The molecule has 6 N–H and O–H groups in total. The van der Waals surface area contributed by atoms with Crippen molar-refractivity contribution in [1.82, 2.24) is 0 Å². The number of carbonyl (C=O) groups is 2. The molecule has 0 amide bonds. The number of rotatable bonds is 39. The molecule has 0 bridgehead atoms. The molecule has 1 saturated carbocycles. The van der Waals surface area contributed by atoms with Crippen molar-refractivity contribution in [2.24, 2.45) is 0 Å². The van der Waals surface area contributed by atoms with E-state index in [0.29, 0.717) is 19.3 Å². The molecule has 8 atom stereocenters. The third kappa shape index (κ3) is 31.2. The van der Waals surface area contributed by atoms with Crippen molar-refractivity contribution in [3.8, 4) is 0 Å². The number of allylic oxidation sites excluding steroid dienone is 10. The summed E-state index contributed by atoms with van der Waals surface area (Å²) in [7, 11) is -5.14. The van der Waals surface area contributed by atoms with Crippen molar-refractivity contribution in [1.29, 1.82) is 0 Å². The van der Waals surface area contributed by atoms with Crippen LogP contribution in [0.4, 0.5) is 0 Å². The fraction of sp³-hybridized carbons (Fsp3) is 0.755. The smallest absolute Gasteiger partial charge is 0.462 e. The normalized spacial score (nSPS) is 22.2. The highest BCUT2D eigenvalue weighted by Crippen LogP contribution is 2.47. The summed E-state index contributed by atoms with van der Waals surface area (Å²) in [5, 5.41) is 50.1. The minimum Gasteiger partial charge on any atom is -0.462 e. The maximum Gasteiger partial charge on any atom is 0.472 e. The van der Waals surface area contributed by atoms with Crippen molar-refractivity contribution < 1.29 is 63.1 Å². The van der Waals surface area contributed by atoms with Gasteiger partial charge in [-0.05, 0) is 77.0 Å². The van der Waals surface area contributed by atoms with Crippen LogP contribution >= 0.6 is 7.82 Å². The topological polar surface area (TPSA) is 210 Å². The molecule has 1 aliphatic carbocycles. The van der Waals surface area contributed by atoms with E-state index in [2.05, 4.69) is 62.5 Å². The number of aliphatic hydroxyl groups excluding tert-OH is 5. The number of phosphoric ester groups is 1. The second-order valence-electron chi connectivity index (χ2n) is 16.6. The van der Waals surface area contributed by atoms with Gasteiger partial charge >= 0.3 is 19.8 Å². The van der Waals surface area contributed by atoms with Gasteiger partial charge in [0.1, 0.15) is 43.2 Å². The molecule has 6 unspecified atom stereocenters. The molecule has 1 fully saturated rings. The van der Waals surface area contributed by atoms with Gasteiger partial charge in [-0.2, -0.15) is 0 Å². The standard InChI is InChI=1S/C49H85O13P/c1-3-5-7-9-11-13-15-17-18-19-20-21-22-23-24-26-28-30-32-34-36-38-43(51)61-41(40-60-63(57,58)62-49-47(55)45(53)44(52)46(54)48(49)56)39-59-42(50)37-35-33-31-29-27-25-16-14-12-10-8-6-4-2/h18-19,21-22,24-27,30,32,41,44-49,52-56H,3-17,20,23,28-29,31,33-40H2,1-2H3,(H,57,58)/b19-18+,22-21+,26-24+,27-25+,32-30+/t41-,44?,45-,46?,47?,48?,49?/m1/s1. The summed E-state index contributed by atoms with van der Waals surface area (Å²) in [4.78, 5) is 35.7. The van der Waals surface area contributed by atoms with Gasteiger partial charge in [-0.1, -0.05) is 152 Å². The molecule has 0 aromatic rings. The average molecular weight is 913 g/mol. The van der Waals surface area contributed by atoms with Crippen LogP contribution in [-0.4, -0.2) is 98.3 Å². The van der Waals surface area contributed by atoms with E-state index >= 15 is 0 Å². The van der Waals surface area contributed by atoms with E-state index in [4.69, 9.17) is 18.5 Å². The lowest BCUT2D eigenvalue weighted by Crippen LogP contribution is -2.64. The molecule has 364 valence electrons. The van der Waals surface area contributed by atoms with Gasteiger partial charge in [0.15, 0.2) is 6.10 Å². The summed E-state index contributed by atoms with van der Waals surface area (Å²) in [6.45, 7) is 3.23. The summed E-state index contributed by atoms with van der Waals surface area (Å²) in [6, 6.07) is 0. The second-order valence-corrected chi connectivity index (χ2v) is 18.0. The molecular formula is C49H85O13P. The number of aliphatic hydroxyl groups is 5. The predicted molar refractivity (Wildman–Crippen MR) is 249 cm³/mol. The monoisotopic (exact) mass is 913 g/mol. The Hall–Kier alpha value is -2.45. The fourth-order valence-electron chi connectivity index (χ4n) is 6.92. The van der Waals surface area contributed by atoms with Crippen LogP contribution in [0, 0.1) is 0 Å². The second kappa shape index (κ2) is 38.8. The molecule has 0 spiro atoms. The highest BCUT2D eigenvalue weighted by atomic mass is 31.2.